The van der Waals surface area contributed by atoms with Crippen molar-refractivity contribution in [3.63, 3.8) is 0 Å². The van der Waals surface area contributed by atoms with Crippen LogP contribution >= 0.6 is 0 Å². The SMILES string of the molecule is COC(=O)NC(C(=O)N1CCCC1C(=O)Nc1ccc(N=Nc2ccc(NC(=O)C3CCCN3C(=O)C(NC(=O)OC)C(C)C)cc2)cc1)C(C)C. The molecule has 2 aliphatic rings. The number of benzene rings is 2. The number of amides is 6. The highest BCUT2D eigenvalue weighted by atomic mass is 16.5. The number of nitrogens with zero attached hydrogens (tertiary/aromatic N) is 4. The molecule has 0 radical (unpaired) electrons. The second-order valence-electron chi connectivity index (χ2n) is 13.4. The van der Waals surface area contributed by atoms with Crippen LogP contribution in [0, 0.1) is 11.8 Å². The third-order valence-electron chi connectivity index (χ3n) is 9.01. The number of carbonyl (C=O) groups is 6. The molecule has 0 saturated carbocycles. The van der Waals surface area contributed by atoms with Crippen LogP contribution in [0.15, 0.2) is 58.8 Å². The Morgan fingerprint density at radius 3 is 1.27 bits per heavy atom. The Bertz CT molecular complexity index is 1510. The number of ether oxygens (including phenoxy) is 2. The molecule has 2 fully saturated rings. The van der Waals surface area contributed by atoms with Crippen LogP contribution in [0.3, 0.4) is 0 Å². The highest BCUT2D eigenvalue weighted by molar-refractivity contribution is 5.99. The number of anilines is 2. The predicted octanol–water partition coefficient (Wildman–Crippen LogP) is 4.72. The summed E-state index contributed by atoms with van der Waals surface area (Å²) in [6.07, 6.45) is 0.917. The van der Waals surface area contributed by atoms with Crippen molar-refractivity contribution in [2.75, 3.05) is 37.9 Å². The molecule has 6 amide bonds. The lowest BCUT2D eigenvalue weighted by Crippen LogP contribution is -2.54. The fourth-order valence-corrected chi connectivity index (χ4v) is 6.15. The zero-order chi connectivity index (χ0) is 37.9. The number of methoxy groups -OCH3 is 2. The second-order valence-corrected chi connectivity index (χ2v) is 13.4. The zero-order valence-electron chi connectivity index (χ0n) is 30.4. The largest absolute Gasteiger partial charge is 0.453 e. The van der Waals surface area contributed by atoms with Crippen molar-refractivity contribution in [3.8, 4) is 0 Å². The minimum absolute atomic E-state index is 0.203. The first kappa shape index (κ1) is 39.2. The third kappa shape index (κ3) is 10.0. The summed E-state index contributed by atoms with van der Waals surface area (Å²) in [4.78, 5) is 79.5. The van der Waals surface area contributed by atoms with Gasteiger partial charge in [-0.1, -0.05) is 27.7 Å². The molecule has 4 atom stereocenters. The maximum absolute atomic E-state index is 13.3. The molecule has 16 heteroatoms. The fourth-order valence-electron chi connectivity index (χ4n) is 6.15. The molecule has 0 bridgehead atoms. The predicted molar refractivity (Wildman–Crippen MR) is 192 cm³/mol. The first-order chi connectivity index (χ1) is 24.8. The smallest absolute Gasteiger partial charge is 0.407 e. The van der Waals surface area contributed by atoms with Gasteiger partial charge in [-0.15, -0.1) is 0 Å². The number of carbonyl (C=O) groups excluding carboxylic acids is 6. The average molecular weight is 721 g/mol. The quantitative estimate of drug-likeness (QED) is 0.226. The summed E-state index contributed by atoms with van der Waals surface area (Å²) in [7, 11) is 2.46. The van der Waals surface area contributed by atoms with E-state index >= 15 is 0 Å². The lowest BCUT2D eigenvalue weighted by molar-refractivity contribution is -0.139. The maximum Gasteiger partial charge on any atom is 0.407 e. The molecule has 2 heterocycles. The number of nitrogens with one attached hydrogen (secondary N) is 4. The molecular formula is C36H48N8O8. The Kier molecular flexibility index (Phi) is 13.7. The van der Waals surface area contributed by atoms with Gasteiger partial charge in [0, 0.05) is 24.5 Å². The van der Waals surface area contributed by atoms with Crippen LogP contribution in [0.1, 0.15) is 53.4 Å². The van der Waals surface area contributed by atoms with E-state index in [0.29, 0.717) is 61.5 Å². The van der Waals surface area contributed by atoms with Crippen molar-refractivity contribution in [1.29, 1.82) is 0 Å². The first-order valence-electron chi connectivity index (χ1n) is 17.4. The molecule has 4 N–H and O–H groups in total. The average Bonchev–Trinajstić information content (AvgIpc) is 3.83. The summed E-state index contributed by atoms with van der Waals surface area (Å²) in [5.41, 5.74) is 2.13. The van der Waals surface area contributed by atoms with E-state index in [1.807, 2.05) is 27.7 Å². The van der Waals surface area contributed by atoms with Crippen molar-refractivity contribution in [2.24, 2.45) is 22.1 Å². The second kappa shape index (κ2) is 18.1. The Balaban J connectivity index is 1.31. The summed E-state index contributed by atoms with van der Waals surface area (Å²) in [5, 5.41) is 19.4. The Morgan fingerprint density at radius 2 is 0.962 bits per heavy atom. The molecule has 2 saturated heterocycles. The number of alkyl carbamates (subject to hydrolysis) is 2. The summed E-state index contributed by atoms with van der Waals surface area (Å²) in [6, 6.07) is 10.5. The van der Waals surface area contributed by atoms with Gasteiger partial charge in [-0.25, -0.2) is 9.59 Å². The van der Waals surface area contributed by atoms with E-state index < -0.39 is 36.4 Å². The number of azo groups is 1. The minimum atomic E-state index is -0.817. The number of hydrogen-bond donors (Lipinski definition) is 4. The van der Waals surface area contributed by atoms with Gasteiger partial charge in [-0.2, -0.15) is 10.2 Å². The standard InChI is InChI=1S/C36H48N8O8/c1-21(2)29(39-35(49)51-5)33(47)43-19-7-9-27(43)31(45)37-23-11-15-25(16-12-23)41-42-26-17-13-24(14-18-26)38-32(46)28-10-8-20-44(28)34(48)30(22(3)4)40-36(50)52-6/h11-18,21-22,27-30H,7-10,19-20H2,1-6H3,(H,37,45)(H,38,46)(H,39,49)(H,40,50). The number of rotatable bonds is 12. The third-order valence-corrected chi connectivity index (χ3v) is 9.01. The molecule has 4 unspecified atom stereocenters. The van der Waals surface area contributed by atoms with Gasteiger partial charge in [0.25, 0.3) is 0 Å². The van der Waals surface area contributed by atoms with E-state index in [1.54, 1.807) is 48.5 Å². The fraction of sp³-hybridized carbons (Fsp3) is 0.500. The summed E-state index contributed by atoms with van der Waals surface area (Å²) >= 11 is 0. The molecule has 4 rings (SSSR count). The van der Waals surface area contributed by atoms with Gasteiger partial charge in [0.2, 0.25) is 23.6 Å². The first-order valence-corrected chi connectivity index (χ1v) is 17.4. The molecule has 16 nitrogen and oxygen atoms in total. The lowest BCUT2D eigenvalue weighted by atomic mass is 10.0. The van der Waals surface area contributed by atoms with Gasteiger partial charge < -0.3 is 40.5 Å². The van der Waals surface area contributed by atoms with Gasteiger partial charge >= 0.3 is 12.2 Å². The minimum Gasteiger partial charge on any atom is -0.453 e. The van der Waals surface area contributed by atoms with E-state index in [9.17, 15) is 28.8 Å². The molecular weight excluding hydrogens is 672 g/mol. The van der Waals surface area contributed by atoms with Crippen molar-refractivity contribution in [1.82, 2.24) is 20.4 Å². The van der Waals surface area contributed by atoms with Crippen molar-refractivity contribution in [3.05, 3.63) is 48.5 Å². The van der Waals surface area contributed by atoms with Crippen LogP contribution in [0.4, 0.5) is 32.3 Å². The molecule has 280 valence electrons. The van der Waals surface area contributed by atoms with Crippen LogP contribution in [-0.2, 0) is 28.7 Å². The van der Waals surface area contributed by atoms with Gasteiger partial charge in [0.1, 0.15) is 24.2 Å². The molecule has 2 aliphatic heterocycles. The van der Waals surface area contributed by atoms with E-state index in [-0.39, 0.29) is 35.5 Å². The van der Waals surface area contributed by atoms with Crippen molar-refractivity contribution >= 4 is 58.6 Å². The van der Waals surface area contributed by atoms with Crippen LogP contribution < -0.4 is 21.3 Å². The molecule has 0 aliphatic carbocycles. The Hall–Kier alpha value is -5.54. The van der Waals surface area contributed by atoms with E-state index in [1.165, 1.54) is 24.0 Å². The van der Waals surface area contributed by atoms with Crippen LogP contribution in [-0.4, -0.2) is 97.1 Å². The van der Waals surface area contributed by atoms with Crippen molar-refractivity contribution < 1.29 is 38.2 Å². The van der Waals surface area contributed by atoms with E-state index in [4.69, 9.17) is 0 Å². The molecule has 2 aromatic carbocycles. The highest BCUT2D eigenvalue weighted by Gasteiger charge is 2.40. The molecule has 2 aromatic rings. The van der Waals surface area contributed by atoms with Crippen LogP contribution in [0.5, 0.6) is 0 Å². The summed E-state index contributed by atoms with van der Waals surface area (Å²) in [5.74, 6) is -1.71. The Morgan fingerprint density at radius 1 is 0.615 bits per heavy atom. The number of likely N-dealkylation sites (tertiary alicyclic amines) is 2. The van der Waals surface area contributed by atoms with E-state index in [2.05, 4.69) is 41.0 Å². The molecule has 0 aromatic heterocycles. The van der Waals surface area contributed by atoms with Crippen LogP contribution in [0.2, 0.25) is 0 Å². The topological polar surface area (TPSA) is 200 Å². The lowest BCUT2D eigenvalue weighted by Gasteiger charge is -2.30. The molecule has 52 heavy (non-hydrogen) atoms. The summed E-state index contributed by atoms with van der Waals surface area (Å²) in [6.45, 7) is 8.07. The Labute approximate surface area is 303 Å². The van der Waals surface area contributed by atoms with Crippen LogP contribution in [0.25, 0.3) is 0 Å². The van der Waals surface area contributed by atoms with Gasteiger partial charge in [0.15, 0.2) is 0 Å². The molecule has 0 spiro atoms. The maximum atomic E-state index is 13.3. The number of hydrogen-bond acceptors (Lipinski definition) is 10. The highest BCUT2D eigenvalue weighted by Crippen LogP contribution is 2.26. The van der Waals surface area contributed by atoms with Gasteiger partial charge in [0.05, 0.1) is 25.6 Å². The zero-order valence-corrected chi connectivity index (χ0v) is 30.4. The van der Waals surface area contributed by atoms with Gasteiger partial charge in [-0.3, -0.25) is 19.2 Å². The monoisotopic (exact) mass is 720 g/mol. The van der Waals surface area contributed by atoms with E-state index in [0.717, 1.165) is 0 Å². The van der Waals surface area contributed by atoms with Gasteiger partial charge in [-0.05, 0) is 86.1 Å². The normalized spacial score (nSPS) is 18.2. The van der Waals surface area contributed by atoms with Crippen molar-refractivity contribution in [2.45, 2.75) is 77.5 Å². The summed E-state index contributed by atoms with van der Waals surface area (Å²) < 4.78 is 9.33.